The van der Waals surface area contributed by atoms with Crippen LogP contribution in [0.15, 0.2) is 42.5 Å². The van der Waals surface area contributed by atoms with Crippen molar-refractivity contribution in [3.63, 3.8) is 0 Å². The van der Waals surface area contributed by atoms with Gasteiger partial charge in [0.15, 0.2) is 0 Å². The van der Waals surface area contributed by atoms with Crippen LogP contribution in [0.5, 0.6) is 11.5 Å². The Morgan fingerprint density at radius 3 is 2.48 bits per heavy atom. The number of halogens is 1. The minimum atomic E-state index is -0.755. The van der Waals surface area contributed by atoms with Crippen LogP contribution in [0.3, 0.4) is 0 Å². The van der Waals surface area contributed by atoms with Crippen molar-refractivity contribution in [3.8, 4) is 11.5 Å². The van der Waals surface area contributed by atoms with E-state index in [0.29, 0.717) is 42.6 Å². The Morgan fingerprint density at radius 1 is 1.09 bits per heavy atom. The maximum Gasteiger partial charge on any atom is 0.303 e. The van der Waals surface area contributed by atoms with Crippen molar-refractivity contribution in [2.24, 2.45) is 11.8 Å². The van der Waals surface area contributed by atoms with Crippen LogP contribution in [-0.2, 0) is 15.1 Å². The molecule has 0 spiro atoms. The first-order valence-corrected chi connectivity index (χ1v) is 11.8. The molecule has 0 amide bonds. The molecule has 0 heterocycles. The van der Waals surface area contributed by atoms with E-state index in [1.54, 1.807) is 26.4 Å². The van der Waals surface area contributed by atoms with Crippen molar-refractivity contribution in [2.75, 3.05) is 20.8 Å². The summed E-state index contributed by atoms with van der Waals surface area (Å²) in [5, 5.41) is 9.28. The van der Waals surface area contributed by atoms with Crippen molar-refractivity contribution >= 4 is 5.97 Å². The van der Waals surface area contributed by atoms with Crippen molar-refractivity contribution in [3.05, 3.63) is 59.4 Å². The van der Waals surface area contributed by atoms with Gasteiger partial charge in [-0.25, -0.2) is 4.39 Å². The van der Waals surface area contributed by atoms with Crippen LogP contribution in [0.1, 0.15) is 62.0 Å². The lowest BCUT2D eigenvalue weighted by atomic mass is 9.75. The SMILES string of the molecule is COc1ccc(F)c(C2(OC)CCC(COc3cccc([C@@H](CC(=O)O)C4CC4)c3)CC2)c1. The number of carboxylic acid groups (broad SMARTS) is 1. The molecule has 5 nitrogen and oxygen atoms in total. The Balaban J connectivity index is 1.37. The fraction of sp³-hybridized carbons (Fsp3) is 0.519. The van der Waals surface area contributed by atoms with Crippen LogP contribution in [0.4, 0.5) is 4.39 Å². The van der Waals surface area contributed by atoms with Gasteiger partial charge in [-0.1, -0.05) is 12.1 Å². The van der Waals surface area contributed by atoms with E-state index in [1.165, 1.54) is 6.07 Å². The molecule has 2 aliphatic rings. The normalized spacial score (nSPS) is 23.7. The molecule has 1 atom stereocenters. The quantitative estimate of drug-likeness (QED) is 0.481. The lowest BCUT2D eigenvalue weighted by Crippen LogP contribution is -2.36. The van der Waals surface area contributed by atoms with E-state index in [4.69, 9.17) is 14.2 Å². The van der Waals surface area contributed by atoms with E-state index >= 15 is 0 Å². The van der Waals surface area contributed by atoms with Gasteiger partial charge in [-0.05, 0) is 92.2 Å². The molecule has 6 heteroatoms. The molecule has 4 rings (SSSR count). The molecule has 0 aliphatic heterocycles. The summed E-state index contributed by atoms with van der Waals surface area (Å²) in [5.74, 6) is 1.26. The number of methoxy groups -OCH3 is 2. The van der Waals surface area contributed by atoms with Gasteiger partial charge in [0.25, 0.3) is 0 Å². The first-order valence-electron chi connectivity index (χ1n) is 11.8. The third-order valence-electron chi connectivity index (χ3n) is 7.33. The monoisotopic (exact) mass is 456 g/mol. The Bertz CT molecular complexity index is 963. The molecule has 2 aliphatic carbocycles. The third-order valence-corrected chi connectivity index (χ3v) is 7.33. The third kappa shape index (κ3) is 5.49. The van der Waals surface area contributed by atoms with Gasteiger partial charge in [0.1, 0.15) is 17.3 Å². The first-order chi connectivity index (χ1) is 15.9. The molecular weight excluding hydrogens is 423 g/mol. The summed E-state index contributed by atoms with van der Waals surface area (Å²) in [6, 6.07) is 12.7. The summed E-state index contributed by atoms with van der Waals surface area (Å²) >= 11 is 0. The zero-order valence-corrected chi connectivity index (χ0v) is 19.4. The molecule has 0 unspecified atom stereocenters. The van der Waals surface area contributed by atoms with Gasteiger partial charge in [0.05, 0.1) is 25.7 Å². The van der Waals surface area contributed by atoms with E-state index in [1.807, 2.05) is 24.3 Å². The molecule has 178 valence electrons. The van der Waals surface area contributed by atoms with E-state index in [0.717, 1.165) is 37.0 Å². The minimum absolute atomic E-state index is 0.0563. The number of carboxylic acids is 1. The van der Waals surface area contributed by atoms with Crippen LogP contribution >= 0.6 is 0 Å². The van der Waals surface area contributed by atoms with Gasteiger partial charge < -0.3 is 19.3 Å². The van der Waals surface area contributed by atoms with E-state index in [2.05, 4.69) is 0 Å². The lowest BCUT2D eigenvalue weighted by molar-refractivity contribution is -0.137. The highest BCUT2D eigenvalue weighted by molar-refractivity contribution is 5.68. The van der Waals surface area contributed by atoms with Crippen LogP contribution < -0.4 is 9.47 Å². The lowest BCUT2D eigenvalue weighted by Gasteiger charge is -2.39. The van der Waals surface area contributed by atoms with Crippen LogP contribution in [-0.4, -0.2) is 31.9 Å². The van der Waals surface area contributed by atoms with E-state index in [9.17, 15) is 14.3 Å². The zero-order chi connectivity index (χ0) is 23.4. The highest BCUT2D eigenvalue weighted by Gasteiger charge is 2.39. The summed E-state index contributed by atoms with van der Waals surface area (Å²) in [4.78, 5) is 11.3. The Kier molecular flexibility index (Phi) is 7.23. The van der Waals surface area contributed by atoms with Gasteiger partial charge in [0, 0.05) is 12.7 Å². The number of carbonyl (C=O) groups is 1. The van der Waals surface area contributed by atoms with Gasteiger partial charge in [-0.2, -0.15) is 0 Å². The number of ether oxygens (including phenoxy) is 3. The van der Waals surface area contributed by atoms with Gasteiger partial charge in [0.2, 0.25) is 0 Å². The Hall–Kier alpha value is -2.60. The van der Waals surface area contributed by atoms with Crippen molar-refractivity contribution < 1.29 is 28.5 Å². The number of hydrogen-bond acceptors (Lipinski definition) is 4. The number of rotatable bonds is 10. The molecule has 33 heavy (non-hydrogen) atoms. The fourth-order valence-corrected chi connectivity index (χ4v) is 5.17. The highest BCUT2D eigenvalue weighted by atomic mass is 19.1. The predicted molar refractivity (Wildman–Crippen MR) is 123 cm³/mol. The number of aliphatic carboxylic acids is 1. The average molecular weight is 457 g/mol. The Morgan fingerprint density at radius 2 is 1.85 bits per heavy atom. The summed E-state index contributed by atoms with van der Waals surface area (Å²) < 4.78 is 31.9. The molecular formula is C27H33FO5. The first kappa shape index (κ1) is 23.6. The van der Waals surface area contributed by atoms with Gasteiger partial charge >= 0.3 is 5.97 Å². The highest BCUT2D eigenvalue weighted by Crippen LogP contribution is 2.46. The average Bonchev–Trinajstić information content (AvgIpc) is 3.67. The summed E-state index contributed by atoms with van der Waals surface area (Å²) in [7, 11) is 3.23. The van der Waals surface area contributed by atoms with Crippen LogP contribution in [0.25, 0.3) is 0 Å². The topological polar surface area (TPSA) is 65.0 Å². The second-order valence-electron chi connectivity index (χ2n) is 9.41. The smallest absolute Gasteiger partial charge is 0.303 e. The molecule has 2 aromatic rings. The molecule has 0 saturated heterocycles. The molecule has 0 bridgehead atoms. The number of benzene rings is 2. The molecule has 2 fully saturated rings. The molecule has 1 N–H and O–H groups in total. The van der Waals surface area contributed by atoms with Gasteiger partial charge in [-0.15, -0.1) is 0 Å². The maximum absolute atomic E-state index is 14.6. The second kappa shape index (κ2) is 10.1. The molecule has 0 radical (unpaired) electrons. The van der Waals surface area contributed by atoms with E-state index < -0.39 is 11.6 Å². The van der Waals surface area contributed by atoms with Crippen molar-refractivity contribution in [1.82, 2.24) is 0 Å². The predicted octanol–water partition coefficient (Wildman–Crippen LogP) is 5.91. The van der Waals surface area contributed by atoms with Crippen LogP contribution in [0, 0.1) is 17.7 Å². The largest absolute Gasteiger partial charge is 0.497 e. The second-order valence-corrected chi connectivity index (χ2v) is 9.41. The molecule has 2 saturated carbocycles. The summed E-state index contributed by atoms with van der Waals surface area (Å²) in [6.07, 6.45) is 5.52. The van der Waals surface area contributed by atoms with Crippen LogP contribution in [0.2, 0.25) is 0 Å². The van der Waals surface area contributed by atoms with Crippen molar-refractivity contribution in [1.29, 1.82) is 0 Å². The maximum atomic E-state index is 14.6. The molecule has 0 aromatic heterocycles. The van der Waals surface area contributed by atoms with Crippen molar-refractivity contribution in [2.45, 2.75) is 56.5 Å². The van der Waals surface area contributed by atoms with Gasteiger partial charge in [-0.3, -0.25) is 4.79 Å². The van der Waals surface area contributed by atoms with E-state index in [-0.39, 0.29) is 18.2 Å². The standard InChI is InChI=1S/C27H33FO5/c1-31-21-8-9-25(28)24(15-21)27(32-2)12-10-18(11-13-27)17-33-22-5-3-4-20(14-22)23(16-26(29)30)19-6-7-19/h3-5,8-9,14-15,18-19,23H,6-7,10-13,16-17H2,1-2H3,(H,29,30)/t18?,23-,27?/m0/s1. The summed E-state index contributed by atoms with van der Waals surface area (Å²) in [6.45, 7) is 0.580. The Labute approximate surface area is 194 Å². The fourth-order valence-electron chi connectivity index (χ4n) is 5.17. The number of hydrogen-bond donors (Lipinski definition) is 1. The zero-order valence-electron chi connectivity index (χ0n) is 19.4. The molecule has 2 aromatic carbocycles. The minimum Gasteiger partial charge on any atom is -0.497 e. The summed E-state index contributed by atoms with van der Waals surface area (Å²) in [5.41, 5.74) is 0.956.